The van der Waals surface area contributed by atoms with Crippen LogP contribution in [0.1, 0.15) is 30.5 Å². The smallest absolute Gasteiger partial charge is 0.243 e. The van der Waals surface area contributed by atoms with Crippen LogP contribution in [-0.2, 0) is 14.8 Å². The number of nitrogens with zero attached hydrogens (tertiary/aromatic N) is 2. The highest BCUT2D eigenvalue weighted by molar-refractivity contribution is 7.89. The molecule has 8 heteroatoms. The highest BCUT2D eigenvalue weighted by Crippen LogP contribution is 2.21. The van der Waals surface area contributed by atoms with E-state index < -0.39 is 16.1 Å². The number of rotatable bonds is 6. The second-order valence-electron chi connectivity index (χ2n) is 5.87. The topological polar surface area (TPSA) is 99.2 Å². The van der Waals surface area contributed by atoms with Crippen molar-refractivity contribution in [3.63, 3.8) is 0 Å². The van der Waals surface area contributed by atoms with Crippen LogP contribution in [-0.4, -0.2) is 38.0 Å². The van der Waals surface area contributed by atoms with Crippen molar-refractivity contribution in [3.8, 4) is 0 Å². The summed E-state index contributed by atoms with van der Waals surface area (Å²) in [5.41, 5.74) is 6.93. The van der Waals surface area contributed by atoms with Gasteiger partial charge in [-0.15, -0.1) is 0 Å². The van der Waals surface area contributed by atoms with Gasteiger partial charge in [0.25, 0.3) is 0 Å². The first-order valence-corrected chi connectivity index (χ1v) is 9.47. The van der Waals surface area contributed by atoms with Gasteiger partial charge < -0.3 is 10.5 Å². The number of hydrogen-bond acceptors (Lipinski definition) is 5. The van der Waals surface area contributed by atoms with Crippen LogP contribution in [0.2, 0.25) is 0 Å². The van der Waals surface area contributed by atoms with Crippen LogP contribution in [0.15, 0.2) is 47.6 Å². The van der Waals surface area contributed by atoms with Gasteiger partial charge in [-0.1, -0.05) is 30.3 Å². The highest BCUT2D eigenvalue weighted by Gasteiger charge is 2.21. The molecule has 0 radical (unpaired) electrons. The first-order valence-electron chi connectivity index (χ1n) is 7.98. The molecule has 7 nitrogen and oxygen atoms in total. The summed E-state index contributed by atoms with van der Waals surface area (Å²) in [5.74, 6) is 0. The van der Waals surface area contributed by atoms with E-state index in [1.807, 2.05) is 30.3 Å². The first kappa shape index (κ1) is 17.1. The molecule has 1 saturated heterocycles. The Labute approximate surface area is 141 Å². The van der Waals surface area contributed by atoms with E-state index in [2.05, 4.69) is 9.82 Å². The summed E-state index contributed by atoms with van der Waals surface area (Å²) in [6.45, 7) is 1.49. The molecule has 0 aliphatic carbocycles. The Bertz CT molecular complexity index is 755. The van der Waals surface area contributed by atoms with Crippen LogP contribution in [0.5, 0.6) is 0 Å². The lowest BCUT2D eigenvalue weighted by molar-refractivity contribution is 0.0662. The molecule has 0 saturated carbocycles. The summed E-state index contributed by atoms with van der Waals surface area (Å²) in [6.07, 6.45) is 4.64. The van der Waals surface area contributed by atoms with Crippen LogP contribution in [0.3, 0.4) is 0 Å². The lowest BCUT2D eigenvalue weighted by Crippen LogP contribution is -2.31. The van der Waals surface area contributed by atoms with Gasteiger partial charge in [-0.2, -0.15) is 5.10 Å². The molecule has 130 valence electrons. The first-order chi connectivity index (χ1) is 11.6. The van der Waals surface area contributed by atoms with Gasteiger partial charge in [0.05, 0.1) is 12.2 Å². The molecule has 2 aromatic rings. The van der Waals surface area contributed by atoms with Crippen LogP contribution in [0.25, 0.3) is 0 Å². The molecule has 1 unspecified atom stereocenters. The molecule has 24 heavy (non-hydrogen) atoms. The highest BCUT2D eigenvalue weighted by atomic mass is 32.2. The largest absolute Gasteiger partial charge is 0.381 e. The lowest BCUT2D eigenvalue weighted by atomic mass is 10.1. The van der Waals surface area contributed by atoms with E-state index in [1.54, 1.807) is 10.9 Å². The zero-order valence-corrected chi connectivity index (χ0v) is 14.2. The molecule has 1 aromatic carbocycles. The zero-order valence-electron chi connectivity index (χ0n) is 13.3. The minimum absolute atomic E-state index is 0.134. The van der Waals surface area contributed by atoms with Crippen molar-refractivity contribution in [1.82, 2.24) is 14.5 Å². The van der Waals surface area contributed by atoms with Gasteiger partial charge >= 0.3 is 0 Å². The average Bonchev–Trinajstić information content (AvgIpc) is 3.12. The maximum atomic E-state index is 12.4. The summed E-state index contributed by atoms with van der Waals surface area (Å²) in [5, 5.41) is 4.20. The number of nitrogens with one attached hydrogen (secondary N) is 1. The van der Waals surface area contributed by atoms with Gasteiger partial charge in [0, 0.05) is 32.0 Å². The van der Waals surface area contributed by atoms with Gasteiger partial charge in [-0.3, -0.25) is 4.68 Å². The fourth-order valence-corrected chi connectivity index (χ4v) is 3.71. The maximum Gasteiger partial charge on any atom is 0.243 e. The van der Waals surface area contributed by atoms with E-state index >= 15 is 0 Å². The minimum Gasteiger partial charge on any atom is -0.381 e. The van der Waals surface area contributed by atoms with Crippen LogP contribution in [0, 0.1) is 0 Å². The second-order valence-corrected chi connectivity index (χ2v) is 7.64. The Morgan fingerprint density at radius 1 is 1.29 bits per heavy atom. The van der Waals surface area contributed by atoms with Crippen LogP contribution < -0.4 is 10.5 Å². The van der Waals surface area contributed by atoms with Gasteiger partial charge in [0.15, 0.2) is 0 Å². The minimum atomic E-state index is -3.63. The number of benzene rings is 1. The lowest BCUT2D eigenvalue weighted by Gasteiger charge is -2.22. The molecule has 2 heterocycles. The molecule has 0 spiro atoms. The predicted molar refractivity (Wildman–Crippen MR) is 89.9 cm³/mol. The van der Waals surface area contributed by atoms with Gasteiger partial charge in [-0.25, -0.2) is 13.1 Å². The Morgan fingerprint density at radius 3 is 2.71 bits per heavy atom. The molecule has 1 aliphatic rings. The average molecular weight is 350 g/mol. The van der Waals surface area contributed by atoms with E-state index in [9.17, 15) is 8.42 Å². The van der Waals surface area contributed by atoms with E-state index in [0.717, 1.165) is 18.4 Å². The van der Waals surface area contributed by atoms with Gasteiger partial charge in [-0.05, 0) is 18.4 Å². The van der Waals surface area contributed by atoms with E-state index in [1.165, 1.54) is 6.20 Å². The summed E-state index contributed by atoms with van der Waals surface area (Å²) < 4.78 is 34.4. The Kier molecular flexibility index (Phi) is 5.30. The van der Waals surface area contributed by atoms with Crippen molar-refractivity contribution < 1.29 is 13.2 Å². The van der Waals surface area contributed by atoms with Crippen molar-refractivity contribution in [2.75, 3.05) is 19.8 Å². The zero-order chi connectivity index (χ0) is 17.0. The number of ether oxygens (including phenoxy) is 1. The fourth-order valence-electron chi connectivity index (χ4n) is 2.71. The van der Waals surface area contributed by atoms with Crippen molar-refractivity contribution in [2.24, 2.45) is 5.73 Å². The van der Waals surface area contributed by atoms with Gasteiger partial charge in [0.1, 0.15) is 4.90 Å². The monoisotopic (exact) mass is 350 g/mol. The van der Waals surface area contributed by atoms with Crippen LogP contribution in [0.4, 0.5) is 0 Å². The summed E-state index contributed by atoms with van der Waals surface area (Å²) in [4.78, 5) is 0.161. The Balaban J connectivity index is 1.64. The number of aromatic nitrogens is 2. The quantitative estimate of drug-likeness (QED) is 0.816. The third kappa shape index (κ3) is 4.02. The SMILES string of the molecule is NC(CNS(=O)(=O)c1cnn(C2CCOCC2)c1)c1ccccc1. The van der Waals surface area contributed by atoms with Crippen molar-refractivity contribution in [2.45, 2.75) is 29.8 Å². The standard InChI is InChI=1S/C16H22N4O3S/c17-16(13-4-2-1-3-5-13)11-19-24(21,22)15-10-18-20(12-15)14-6-8-23-9-7-14/h1-5,10,12,14,16,19H,6-9,11,17H2. The maximum absolute atomic E-state index is 12.4. The molecular weight excluding hydrogens is 328 g/mol. The van der Waals surface area contributed by atoms with Gasteiger partial charge in [0.2, 0.25) is 10.0 Å². The van der Waals surface area contributed by atoms with Crippen molar-refractivity contribution >= 4 is 10.0 Å². The predicted octanol–water partition coefficient (Wildman–Crippen LogP) is 1.21. The summed E-state index contributed by atoms with van der Waals surface area (Å²) in [7, 11) is -3.63. The van der Waals surface area contributed by atoms with E-state index in [0.29, 0.717) is 13.2 Å². The molecule has 1 fully saturated rings. The normalized spacial score (nSPS) is 17.7. The third-order valence-electron chi connectivity index (χ3n) is 4.17. The summed E-state index contributed by atoms with van der Waals surface area (Å²) in [6, 6.07) is 9.19. The number of sulfonamides is 1. The molecule has 1 aromatic heterocycles. The molecular formula is C16H22N4O3S. The second kappa shape index (κ2) is 7.43. The Morgan fingerprint density at radius 2 is 2.00 bits per heavy atom. The third-order valence-corrected chi connectivity index (χ3v) is 5.55. The molecule has 3 rings (SSSR count). The van der Waals surface area contributed by atoms with Crippen molar-refractivity contribution in [1.29, 1.82) is 0 Å². The number of nitrogens with two attached hydrogens (primary N) is 1. The van der Waals surface area contributed by atoms with E-state index in [4.69, 9.17) is 10.5 Å². The summed E-state index contributed by atoms with van der Waals surface area (Å²) >= 11 is 0. The van der Waals surface area contributed by atoms with E-state index in [-0.39, 0.29) is 17.5 Å². The molecule has 1 atom stereocenters. The molecule has 3 N–H and O–H groups in total. The van der Waals surface area contributed by atoms with Crippen LogP contribution >= 0.6 is 0 Å². The van der Waals surface area contributed by atoms with Crippen molar-refractivity contribution in [3.05, 3.63) is 48.3 Å². The number of hydrogen-bond donors (Lipinski definition) is 2. The fraction of sp³-hybridized carbons (Fsp3) is 0.438. The molecule has 0 amide bonds. The molecule has 1 aliphatic heterocycles. The molecule has 0 bridgehead atoms. The Hall–Kier alpha value is -1.74.